The number of fused-ring (bicyclic) bond motifs is 3. The summed E-state index contributed by atoms with van der Waals surface area (Å²) in [7, 11) is 0. The van der Waals surface area contributed by atoms with E-state index in [0.717, 1.165) is 21.8 Å². The largest absolute Gasteiger partial charge is 0.484 e. The zero-order valence-corrected chi connectivity index (χ0v) is 14.1. The fourth-order valence-electron chi connectivity index (χ4n) is 2.94. The van der Waals surface area contributed by atoms with Crippen LogP contribution in [-0.4, -0.2) is 22.4 Å². The minimum absolute atomic E-state index is 0.0289. The van der Waals surface area contributed by atoms with Gasteiger partial charge in [-0.15, -0.1) is 0 Å². The highest BCUT2D eigenvalue weighted by molar-refractivity contribution is 6.09. The number of nitro groups is 1. The number of amides is 1. The summed E-state index contributed by atoms with van der Waals surface area (Å²) in [5, 5.41) is 15.6. The number of carbonyl (C=O) groups is 1. The molecule has 1 aromatic heterocycles. The Morgan fingerprint density at radius 1 is 1.00 bits per heavy atom. The first-order valence-corrected chi connectivity index (χ1v) is 8.28. The van der Waals surface area contributed by atoms with Crippen molar-refractivity contribution in [3.05, 3.63) is 76.8 Å². The number of anilines is 1. The van der Waals surface area contributed by atoms with Crippen LogP contribution in [-0.2, 0) is 4.79 Å². The van der Waals surface area contributed by atoms with E-state index in [-0.39, 0.29) is 18.2 Å². The van der Waals surface area contributed by atoms with Gasteiger partial charge in [-0.3, -0.25) is 14.9 Å². The van der Waals surface area contributed by atoms with Crippen molar-refractivity contribution in [2.24, 2.45) is 0 Å². The van der Waals surface area contributed by atoms with Crippen molar-refractivity contribution in [1.82, 2.24) is 4.98 Å². The fourth-order valence-corrected chi connectivity index (χ4v) is 2.94. The molecule has 0 bridgehead atoms. The van der Waals surface area contributed by atoms with Crippen molar-refractivity contribution in [2.75, 3.05) is 11.9 Å². The van der Waals surface area contributed by atoms with E-state index in [1.807, 2.05) is 42.5 Å². The van der Waals surface area contributed by atoms with Gasteiger partial charge in [-0.1, -0.05) is 18.2 Å². The van der Waals surface area contributed by atoms with Crippen LogP contribution in [0.25, 0.3) is 21.8 Å². The number of ether oxygens (including phenoxy) is 1. The third kappa shape index (κ3) is 3.43. The number of carbonyl (C=O) groups excluding carboxylic acids is 1. The maximum atomic E-state index is 12.1. The van der Waals surface area contributed by atoms with Crippen molar-refractivity contribution in [3.8, 4) is 5.75 Å². The first-order valence-electron chi connectivity index (χ1n) is 8.28. The summed E-state index contributed by atoms with van der Waals surface area (Å²) in [4.78, 5) is 25.6. The summed E-state index contributed by atoms with van der Waals surface area (Å²) >= 11 is 0. The Morgan fingerprint density at radius 3 is 2.52 bits per heavy atom. The number of nitrogens with zero attached hydrogens (tertiary/aromatic N) is 1. The second kappa shape index (κ2) is 6.80. The third-order valence-electron chi connectivity index (χ3n) is 4.21. The van der Waals surface area contributed by atoms with Crippen LogP contribution >= 0.6 is 0 Å². The molecule has 1 amide bonds. The molecule has 0 saturated carbocycles. The van der Waals surface area contributed by atoms with Gasteiger partial charge in [0.25, 0.3) is 11.6 Å². The number of hydrogen-bond donors (Lipinski definition) is 2. The normalized spacial score (nSPS) is 10.8. The van der Waals surface area contributed by atoms with E-state index in [1.54, 1.807) is 0 Å². The number of non-ortho nitro benzene ring substituents is 1. The fraction of sp³-hybridized carbons (Fsp3) is 0.0500. The number of H-pyrrole nitrogens is 1. The molecule has 7 heteroatoms. The van der Waals surface area contributed by atoms with Gasteiger partial charge in [0.15, 0.2) is 6.61 Å². The maximum Gasteiger partial charge on any atom is 0.269 e. The molecule has 7 nitrogen and oxygen atoms in total. The predicted octanol–water partition coefficient (Wildman–Crippen LogP) is 4.25. The molecule has 0 aliphatic heterocycles. The zero-order chi connectivity index (χ0) is 18.8. The number of rotatable bonds is 5. The highest BCUT2D eigenvalue weighted by Gasteiger charge is 2.09. The van der Waals surface area contributed by atoms with E-state index < -0.39 is 4.92 Å². The van der Waals surface area contributed by atoms with Crippen molar-refractivity contribution in [2.45, 2.75) is 0 Å². The van der Waals surface area contributed by atoms with Crippen LogP contribution in [0.2, 0.25) is 0 Å². The van der Waals surface area contributed by atoms with Gasteiger partial charge in [-0.2, -0.15) is 0 Å². The van der Waals surface area contributed by atoms with Crippen LogP contribution in [0.15, 0.2) is 66.7 Å². The number of aromatic amines is 1. The topological polar surface area (TPSA) is 97.3 Å². The molecule has 0 radical (unpaired) electrons. The number of para-hydroxylation sites is 1. The van der Waals surface area contributed by atoms with Crippen LogP contribution in [0.5, 0.6) is 5.75 Å². The van der Waals surface area contributed by atoms with Gasteiger partial charge < -0.3 is 15.0 Å². The number of nitrogens with one attached hydrogen (secondary N) is 2. The number of hydrogen-bond acceptors (Lipinski definition) is 4. The Bertz CT molecular complexity index is 1150. The van der Waals surface area contributed by atoms with E-state index in [0.29, 0.717) is 11.4 Å². The summed E-state index contributed by atoms with van der Waals surface area (Å²) in [6.45, 7) is -0.191. The Balaban J connectivity index is 1.44. The average Bonchev–Trinajstić information content (AvgIpc) is 3.05. The van der Waals surface area contributed by atoms with Crippen molar-refractivity contribution in [3.63, 3.8) is 0 Å². The molecule has 4 aromatic rings. The van der Waals surface area contributed by atoms with Gasteiger partial charge >= 0.3 is 0 Å². The Hall–Kier alpha value is -3.87. The molecule has 1 heterocycles. The summed E-state index contributed by atoms with van der Waals surface area (Å²) in [6, 6.07) is 19.2. The van der Waals surface area contributed by atoms with Gasteiger partial charge in [-0.25, -0.2) is 0 Å². The highest BCUT2D eigenvalue weighted by atomic mass is 16.6. The molecular formula is C20H15N3O4. The molecule has 0 aliphatic rings. The maximum absolute atomic E-state index is 12.1. The van der Waals surface area contributed by atoms with Gasteiger partial charge in [0.05, 0.1) is 4.92 Å². The van der Waals surface area contributed by atoms with Gasteiger partial charge in [0, 0.05) is 39.6 Å². The average molecular weight is 361 g/mol. The summed E-state index contributed by atoms with van der Waals surface area (Å²) in [5.41, 5.74) is 2.68. The van der Waals surface area contributed by atoms with E-state index in [9.17, 15) is 14.9 Å². The monoisotopic (exact) mass is 361 g/mol. The lowest BCUT2D eigenvalue weighted by Gasteiger charge is -2.07. The second-order valence-electron chi connectivity index (χ2n) is 6.02. The molecule has 0 unspecified atom stereocenters. The molecule has 134 valence electrons. The first-order chi connectivity index (χ1) is 13.1. The molecule has 0 saturated heterocycles. The third-order valence-corrected chi connectivity index (χ3v) is 4.21. The van der Waals surface area contributed by atoms with E-state index in [2.05, 4.69) is 10.3 Å². The van der Waals surface area contributed by atoms with E-state index in [4.69, 9.17) is 4.74 Å². The summed E-state index contributed by atoms with van der Waals surface area (Å²) in [6.07, 6.45) is 0. The number of nitro benzene ring substituents is 1. The van der Waals surface area contributed by atoms with E-state index >= 15 is 0 Å². The van der Waals surface area contributed by atoms with Gasteiger partial charge in [0.1, 0.15) is 5.75 Å². The quantitative estimate of drug-likeness (QED) is 0.410. The zero-order valence-electron chi connectivity index (χ0n) is 14.1. The highest BCUT2D eigenvalue weighted by Crippen LogP contribution is 2.27. The predicted molar refractivity (Wildman–Crippen MR) is 103 cm³/mol. The van der Waals surface area contributed by atoms with Crippen molar-refractivity contribution in [1.29, 1.82) is 0 Å². The molecule has 0 atom stereocenters. The van der Waals surface area contributed by atoms with Crippen LogP contribution in [0.1, 0.15) is 0 Å². The van der Waals surface area contributed by atoms with Crippen molar-refractivity contribution < 1.29 is 14.5 Å². The van der Waals surface area contributed by atoms with E-state index in [1.165, 1.54) is 24.3 Å². The van der Waals surface area contributed by atoms with Crippen LogP contribution in [0.4, 0.5) is 11.4 Å². The number of benzene rings is 3. The minimum atomic E-state index is -0.489. The van der Waals surface area contributed by atoms with Crippen LogP contribution in [0.3, 0.4) is 0 Å². The smallest absolute Gasteiger partial charge is 0.269 e. The lowest BCUT2D eigenvalue weighted by Crippen LogP contribution is -2.20. The Kier molecular flexibility index (Phi) is 4.18. The molecule has 0 aliphatic carbocycles. The summed E-state index contributed by atoms with van der Waals surface area (Å²) in [5.74, 6) is 0.0791. The van der Waals surface area contributed by atoms with Gasteiger partial charge in [0.2, 0.25) is 0 Å². The Morgan fingerprint density at radius 2 is 1.74 bits per heavy atom. The van der Waals surface area contributed by atoms with Crippen molar-refractivity contribution >= 4 is 39.1 Å². The first kappa shape index (κ1) is 16.6. The lowest BCUT2D eigenvalue weighted by atomic mass is 10.1. The molecule has 4 rings (SSSR count). The molecule has 2 N–H and O–H groups in total. The SMILES string of the molecule is O=C(COc1ccc([N+](=O)[O-])cc1)Nc1ccc2[nH]c3ccccc3c2c1. The van der Waals surface area contributed by atoms with Crippen LogP contribution < -0.4 is 10.1 Å². The molecule has 3 aromatic carbocycles. The Labute approximate surface area is 153 Å². The molecule has 0 fully saturated rings. The van der Waals surface area contributed by atoms with Gasteiger partial charge in [-0.05, 0) is 36.4 Å². The molecule has 27 heavy (non-hydrogen) atoms. The number of aromatic nitrogens is 1. The van der Waals surface area contributed by atoms with Crippen LogP contribution in [0, 0.1) is 10.1 Å². The second-order valence-corrected chi connectivity index (χ2v) is 6.02. The lowest BCUT2D eigenvalue weighted by molar-refractivity contribution is -0.384. The molecule has 0 spiro atoms. The molecular weight excluding hydrogens is 346 g/mol. The minimum Gasteiger partial charge on any atom is -0.484 e. The summed E-state index contributed by atoms with van der Waals surface area (Å²) < 4.78 is 5.38. The standard InChI is InChI=1S/C20H15N3O4/c24-20(12-27-15-8-6-14(7-9-15)23(25)26)21-13-5-10-19-17(11-13)16-3-1-2-4-18(16)22-19/h1-11,22H,12H2,(H,21,24).